The Morgan fingerprint density at radius 3 is 2.73 bits per heavy atom. The van der Waals surface area contributed by atoms with Gasteiger partial charge in [0.25, 0.3) is 0 Å². The van der Waals surface area contributed by atoms with Gasteiger partial charge in [0.1, 0.15) is 0 Å². The van der Waals surface area contributed by atoms with E-state index >= 15 is 0 Å². The van der Waals surface area contributed by atoms with Crippen LogP contribution >= 0.6 is 0 Å². The predicted octanol–water partition coefficient (Wildman–Crippen LogP) is 1.37. The molecule has 0 aromatic carbocycles. The average molecular weight is 383 g/mol. The lowest BCUT2D eigenvalue weighted by Crippen LogP contribution is -2.43. The second-order valence-corrected chi connectivity index (χ2v) is 9.41. The van der Waals surface area contributed by atoms with E-state index in [1.54, 1.807) is 11.1 Å². The highest BCUT2D eigenvalue weighted by Gasteiger charge is 2.20. The van der Waals surface area contributed by atoms with E-state index in [0.29, 0.717) is 13.1 Å². The Morgan fingerprint density at radius 1 is 1.23 bits per heavy atom. The Hall–Kier alpha value is -1.67. The summed E-state index contributed by atoms with van der Waals surface area (Å²) in [5, 5.41) is 2.75. The average Bonchev–Trinajstić information content (AvgIpc) is 2.80. The topological polar surface area (TPSA) is 82.6 Å². The highest BCUT2D eigenvalue weighted by Crippen LogP contribution is 2.07. The van der Waals surface area contributed by atoms with Crippen LogP contribution in [0.4, 0.5) is 4.79 Å². The van der Waals surface area contributed by atoms with Gasteiger partial charge in [0.05, 0.1) is 17.2 Å². The van der Waals surface area contributed by atoms with E-state index in [2.05, 4.69) is 15.2 Å². The summed E-state index contributed by atoms with van der Waals surface area (Å²) in [5.74, 6) is 0.262. The van der Waals surface area contributed by atoms with Crippen LogP contribution in [0.15, 0.2) is 24.4 Å². The van der Waals surface area contributed by atoms with E-state index in [1.165, 1.54) is 0 Å². The van der Waals surface area contributed by atoms with E-state index in [1.807, 2.05) is 32.0 Å². The molecular weight excluding hydrogens is 352 g/mol. The Labute approximate surface area is 156 Å². The zero-order valence-corrected chi connectivity index (χ0v) is 16.5. The van der Waals surface area contributed by atoms with Gasteiger partial charge in [-0.1, -0.05) is 19.9 Å². The highest BCUT2D eigenvalue weighted by molar-refractivity contribution is 7.91. The van der Waals surface area contributed by atoms with Gasteiger partial charge in [-0.15, -0.1) is 0 Å². The zero-order valence-electron chi connectivity index (χ0n) is 15.7. The van der Waals surface area contributed by atoms with E-state index in [0.717, 1.165) is 31.7 Å². The first-order chi connectivity index (χ1) is 12.4. The van der Waals surface area contributed by atoms with Gasteiger partial charge < -0.3 is 10.2 Å². The molecule has 1 N–H and O–H groups in total. The first-order valence-corrected chi connectivity index (χ1v) is 11.0. The Balaban J connectivity index is 1.75. The normalized spacial score (nSPS) is 16.5. The molecular formula is C18H30N4O3S. The van der Waals surface area contributed by atoms with Crippen molar-refractivity contribution in [2.24, 2.45) is 5.92 Å². The summed E-state index contributed by atoms with van der Waals surface area (Å²) in [4.78, 5) is 20.7. The number of urea groups is 1. The molecule has 0 atom stereocenters. The fraction of sp³-hybridized carbons (Fsp3) is 0.667. The number of pyridine rings is 1. The molecule has 1 fully saturated rings. The molecule has 1 aliphatic rings. The van der Waals surface area contributed by atoms with Gasteiger partial charge in [-0.25, -0.2) is 13.2 Å². The summed E-state index contributed by atoms with van der Waals surface area (Å²) in [6.07, 6.45) is 2.69. The van der Waals surface area contributed by atoms with Crippen LogP contribution in [0, 0.1) is 5.92 Å². The van der Waals surface area contributed by atoms with Gasteiger partial charge in [0.15, 0.2) is 9.84 Å². The second kappa shape index (κ2) is 9.87. The fourth-order valence-electron chi connectivity index (χ4n) is 3.07. The smallest absolute Gasteiger partial charge is 0.317 e. The summed E-state index contributed by atoms with van der Waals surface area (Å²) < 4.78 is 23.8. The molecule has 1 aromatic rings. The third-order valence-electron chi connectivity index (χ3n) is 4.26. The molecule has 1 aromatic heterocycles. The number of amides is 2. The van der Waals surface area contributed by atoms with Gasteiger partial charge in [0, 0.05) is 45.5 Å². The summed E-state index contributed by atoms with van der Waals surface area (Å²) in [7, 11) is -3.11. The van der Waals surface area contributed by atoms with E-state index in [-0.39, 0.29) is 30.0 Å². The molecule has 26 heavy (non-hydrogen) atoms. The molecule has 7 nitrogen and oxygen atoms in total. The molecule has 2 rings (SSSR count). The van der Waals surface area contributed by atoms with Crippen molar-refractivity contribution in [2.75, 3.05) is 44.2 Å². The number of hydrogen-bond donors (Lipinski definition) is 1. The third kappa shape index (κ3) is 7.29. The Bertz CT molecular complexity index is 664. The van der Waals surface area contributed by atoms with Crippen molar-refractivity contribution in [3.8, 4) is 0 Å². The third-order valence-corrected chi connectivity index (χ3v) is 6.26. The largest absolute Gasteiger partial charge is 0.337 e. The minimum atomic E-state index is -3.11. The Kier molecular flexibility index (Phi) is 7.84. The molecule has 0 unspecified atom stereocenters. The second-order valence-electron chi connectivity index (χ2n) is 7.18. The standard InChI is InChI=1S/C18H30N4O3S/c1-16(2)15-26(24,25)13-8-20-18(23)22-10-5-9-21(11-12-22)14-17-6-3-4-7-19-17/h3-4,6-7,16H,5,8-15H2,1-2H3,(H,20,23). The first-order valence-electron chi connectivity index (χ1n) is 9.21. The molecule has 2 amide bonds. The number of sulfone groups is 1. The molecule has 1 aliphatic heterocycles. The van der Waals surface area contributed by atoms with Crippen molar-refractivity contribution in [2.45, 2.75) is 26.8 Å². The number of aromatic nitrogens is 1. The molecule has 0 saturated carbocycles. The zero-order chi connectivity index (χ0) is 19.0. The van der Waals surface area contributed by atoms with Crippen molar-refractivity contribution in [1.82, 2.24) is 20.1 Å². The SMILES string of the molecule is CC(C)CS(=O)(=O)CCNC(=O)N1CCCN(Cc2ccccn2)CC1. The minimum Gasteiger partial charge on any atom is -0.337 e. The number of carbonyl (C=O) groups is 1. The summed E-state index contributed by atoms with van der Waals surface area (Å²) in [6, 6.07) is 5.71. The van der Waals surface area contributed by atoms with Gasteiger partial charge in [-0.2, -0.15) is 0 Å². The quantitative estimate of drug-likeness (QED) is 0.770. The summed E-state index contributed by atoms with van der Waals surface area (Å²) in [5.41, 5.74) is 1.03. The number of carbonyl (C=O) groups excluding carboxylic acids is 1. The maximum absolute atomic E-state index is 12.3. The van der Waals surface area contributed by atoms with Crippen LogP contribution in [0.2, 0.25) is 0 Å². The van der Waals surface area contributed by atoms with Crippen LogP contribution < -0.4 is 5.32 Å². The molecule has 0 spiro atoms. The minimum absolute atomic E-state index is 0.00341. The first kappa shape index (κ1) is 20.6. The molecule has 0 bridgehead atoms. The van der Waals surface area contributed by atoms with Crippen LogP contribution in [0.5, 0.6) is 0 Å². The van der Waals surface area contributed by atoms with Crippen LogP contribution in [0.25, 0.3) is 0 Å². The summed E-state index contributed by atoms with van der Waals surface area (Å²) >= 11 is 0. The maximum Gasteiger partial charge on any atom is 0.317 e. The predicted molar refractivity (Wildman–Crippen MR) is 103 cm³/mol. The van der Waals surface area contributed by atoms with E-state index < -0.39 is 9.84 Å². The lowest BCUT2D eigenvalue weighted by Gasteiger charge is -2.22. The van der Waals surface area contributed by atoms with Crippen LogP contribution in [0.1, 0.15) is 26.0 Å². The fourth-order valence-corrected chi connectivity index (χ4v) is 4.66. The van der Waals surface area contributed by atoms with Gasteiger partial charge in [-0.3, -0.25) is 9.88 Å². The number of hydrogen-bond acceptors (Lipinski definition) is 5. The van der Waals surface area contributed by atoms with Crippen molar-refractivity contribution in [1.29, 1.82) is 0 Å². The van der Waals surface area contributed by atoms with Crippen LogP contribution in [-0.2, 0) is 16.4 Å². The van der Waals surface area contributed by atoms with Crippen LogP contribution in [0.3, 0.4) is 0 Å². The molecule has 146 valence electrons. The highest BCUT2D eigenvalue weighted by atomic mass is 32.2. The lowest BCUT2D eigenvalue weighted by molar-refractivity contribution is 0.198. The molecule has 0 radical (unpaired) electrons. The molecule has 1 saturated heterocycles. The number of nitrogens with one attached hydrogen (secondary N) is 1. The van der Waals surface area contributed by atoms with Crippen molar-refractivity contribution in [3.05, 3.63) is 30.1 Å². The molecule has 8 heteroatoms. The monoisotopic (exact) mass is 382 g/mol. The molecule has 2 heterocycles. The number of nitrogens with zero attached hydrogens (tertiary/aromatic N) is 3. The van der Waals surface area contributed by atoms with Crippen molar-refractivity contribution < 1.29 is 13.2 Å². The van der Waals surface area contributed by atoms with E-state index in [4.69, 9.17) is 0 Å². The van der Waals surface area contributed by atoms with E-state index in [9.17, 15) is 13.2 Å². The maximum atomic E-state index is 12.3. The van der Waals surface area contributed by atoms with Gasteiger partial charge in [-0.05, 0) is 24.5 Å². The Morgan fingerprint density at radius 2 is 2.04 bits per heavy atom. The van der Waals surface area contributed by atoms with Gasteiger partial charge in [0.2, 0.25) is 0 Å². The lowest BCUT2D eigenvalue weighted by atomic mass is 10.3. The molecule has 0 aliphatic carbocycles. The van der Waals surface area contributed by atoms with Crippen molar-refractivity contribution >= 4 is 15.9 Å². The van der Waals surface area contributed by atoms with Crippen LogP contribution in [-0.4, -0.2) is 73.5 Å². The summed E-state index contributed by atoms with van der Waals surface area (Å²) in [6.45, 7) is 7.74. The van der Waals surface area contributed by atoms with Gasteiger partial charge >= 0.3 is 6.03 Å². The number of rotatable bonds is 7. The van der Waals surface area contributed by atoms with Crippen molar-refractivity contribution in [3.63, 3.8) is 0 Å².